The molecule has 2 aliphatic heterocycles. The monoisotopic (exact) mass is 621 g/mol. The van der Waals surface area contributed by atoms with Crippen molar-refractivity contribution in [2.75, 3.05) is 51.4 Å². The van der Waals surface area contributed by atoms with Gasteiger partial charge in [-0.3, -0.25) is 14.4 Å². The van der Waals surface area contributed by atoms with E-state index in [9.17, 15) is 4.79 Å². The molecule has 0 saturated carbocycles. The quantitative estimate of drug-likeness (QED) is 0.289. The lowest BCUT2D eigenvalue weighted by molar-refractivity contribution is -0.128. The Balaban J connectivity index is 1.51. The number of ether oxygens (including phenoxy) is 2. The number of carbonyl (C=O) groups excluding carboxylic acids is 1. The molecule has 0 aliphatic carbocycles. The van der Waals surface area contributed by atoms with Gasteiger partial charge in [-0.05, 0) is 45.5 Å². The molecule has 44 heavy (non-hydrogen) atoms. The number of rotatable bonds is 6. The number of nitrogens with zero attached hydrogens (tertiary/aromatic N) is 7. The molecule has 3 atom stereocenters. The molecule has 232 valence electrons. The Labute approximate surface area is 261 Å². The van der Waals surface area contributed by atoms with E-state index >= 15 is 4.39 Å². The van der Waals surface area contributed by atoms with Crippen molar-refractivity contribution in [2.45, 2.75) is 38.9 Å². The summed E-state index contributed by atoms with van der Waals surface area (Å²) in [5.41, 5.74) is 2.67. The van der Waals surface area contributed by atoms with Crippen LogP contribution in [0.1, 0.15) is 19.4 Å². The van der Waals surface area contributed by atoms with Gasteiger partial charge in [0.15, 0.2) is 5.82 Å². The van der Waals surface area contributed by atoms with Crippen LogP contribution in [0.25, 0.3) is 32.9 Å². The highest BCUT2D eigenvalue weighted by molar-refractivity contribution is 6.35. The van der Waals surface area contributed by atoms with Gasteiger partial charge in [0.1, 0.15) is 17.9 Å². The standard InChI is InChI=1S/C32H37ClFN7O3/c1-7-25(42)40-14-20(4)41(15-19(40)3)31-23-12-24(33)27(26-18(2)8-9-21-13-35-39(6)30(21)26)28(34)29(23)36-32(37-31)44-17-22-16-43-11-10-38(22)5/h7-9,12-13,19-20,22H,1,10-11,14-17H2,2-6H3/t19-,20+,22+/m1/s1. The third-order valence-electron chi connectivity index (χ3n) is 8.85. The van der Waals surface area contributed by atoms with Gasteiger partial charge in [0.05, 0.1) is 36.0 Å². The summed E-state index contributed by atoms with van der Waals surface area (Å²) in [6.07, 6.45) is 3.08. The van der Waals surface area contributed by atoms with Crippen LogP contribution >= 0.6 is 11.6 Å². The summed E-state index contributed by atoms with van der Waals surface area (Å²) in [6, 6.07) is 5.45. The summed E-state index contributed by atoms with van der Waals surface area (Å²) < 4.78 is 30.5. The fourth-order valence-corrected chi connectivity index (χ4v) is 6.57. The first-order valence-corrected chi connectivity index (χ1v) is 15.2. The molecule has 0 N–H and O–H groups in total. The summed E-state index contributed by atoms with van der Waals surface area (Å²) in [6.45, 7) is 12.7. The molecule has 2 aromatic carbocycles. The van der Waals surface area contributed by atoms with Crippen molar-refractivity contribution in [2.24, 2.45) is 7.05 Å². The van der Waals surface area contributed by atoms with Crippen LogP contribution in [0.4, 0.5) is 10.2 Å². The molecule has 4 aromatic rings. The molecule has 0 spiro atoms. The van der Waals surface area contributed by atoms with Crippen LogP contribution in [-0.2, 0) is 16.6 Å². The minimum absolute atomic E-state index is 0.00891. The number of aryl methyl sites for hydroxylation is 2. The lowest BCUT2D eigenvalue weighted by Crippen LogP contribution is -2.58. The highest BCUT2D eigenvalue weighted by Gasteiger charge is 2.34. The van der Waals surface area contributed by atoms with E-state index in [1.807, 2.05) is 47.0 Å². The number of amides is 1. The molecule has 2 aliphatic rings. The van der Waals surface area contributed by atoms with Crippen LogP contribution in [0.5, 0.6) is 6.01 Å². The van der Waals surface area contributed by atoms with Gasteiger partial charge in [0.2, 0.25) is 5.91 Å². The minimum Gasteiger partial charge on any atom is -0.462 e. The number of anilines is 1. The first-order valence-electron chi connectivity index (χ1n) is 14.8. The summed E-state index contributed by atoms with van der Waals surface area (Å²) in [4.78, 5) is 28.0. The van der Waals surface area contributed by atoms with E-state index < -0.39 is 5.82 Å². The zero-order chi connectivity index (χ0) is 31.3. The molecular formula is C32H37ClFN7O3. The number of piperazine rings is 1. The van der Waals surface area contributed by atoms with E-state index in [2.05, 4.69) is 26.5 Å². The van der Waals surface area contributed by atoms with Crippen molar-refractivity contribution in [3.05, 3.63) is 53.5 Å². The van der Waals surface area contributed by atoms with E-state index in [-0.39, 0.29) is 52.8 Å². The second kappa shape index (κ2) is 11.9. The fraction of sp³-hybridized carbons (Fsp3) is 0.438. The number of hydrogen-bond donors (Lipinski definition) is 0. The molecule has 10 nitrogen and oxygen atoms in total. The highest BCUT2D eigenvalue weighted by Crippen LogP contribution is 2.43. The molecular weight excluding hydrogens is 585 g/mol. The SMILES string of the molecule is C=CC(=O)N1C[C@H](C)N(c2nc(OC[C@@H]3COCCN3C)nc3c(F)c(-c4c(C)ccc5cnn(C)c45)c(Cl)cc23)C[C@H]1C. The predicted molar refractivity (Wildman–Crippen MR) is 170 cm³/mol. The first-order chi connectivity index (χ1) is 21.1. The maximum atomic E-state index is 17.0. The van der Waals surface area contributed by atoms with Gasteiger partial charge in [0, 0.05) is 60.7 Å². The van der Waals surface area contributed by atoms with Crippen molar-refractivity contribution >= 4 is 45.1 Å². The van der Waals surface area contributed by atoms with Gasteiger partial charge in [-0.15, -0.1) is 0 Å². The van der Waals surface area contributed by atoms with Crippen molar-refractivity contribution in [3.8, 4) is 17.1 Å². The summed E-state index contributed by atoms with van der Waals surface area (Å²) in [5, 5.41) is 5.99. The Kier molecular flexibility index (Phi) is 8.21. The van der Waals surface area contributed by atoms with E-state index in [0.717, 1.165) is 23.0 Å². The Morgan fingerprint density at radius 3 is 2.75 bits per heavy atom. The Morgan fingerprint density at radius 2 is 2.00 bits per heavy atom. The minimum atomic E-state index is -0.558. The highest BCUT2D eigenvalue weighted by atomic mass is 35.5. The molecule has 2 aromatic heterocycles. The topological polar surface area (TPSA) is 88.8 Å². The van der Waals surface area contributed by atoms with Crippen LogP contribution < -0.4 is 9.64 Å². The molecule has 1 amide bonds. The third-order valence-corrected chi connectivity index (χ3v) is 9.14. The first kappa shape index (κ1) is 30.2. The average molecular weight is 622 g/mol. The van der Waals surface area contributed by atoms with Crippen molar-refractivity contribution in [3.63, 3.8) is 0 Å². The van der Waals surface area contributed by atoms with Gasteiger partial charge < -0.3 is 19.3 Å². The maximum Gasteiger partial charge on any atom is 0.319 e. The van der Waals surface area contributed by atoms with Gasteiger partial charge in [0.25, 0.3) is 0 Å². The van der Waals surface area contributed by atoms with E-state index in [1.165, 1.54) is 6.08 Å². The Hall–Kier alpha value is -3.80. The van der Waals surface area contributed by atoms with Gasteiger partial charge in [-0.25, -0.2) is 4.39 Å². The number of carbonyl (C=O) groups is 1. The number of morpholine rings is 1. The van der Waals surface area contributed by atoms with Crippen molar-refractivity contribution in [1.82, 2.24) is 29.5 Å². The summed E-state index contributed by atoms with van der Waals surface area (Å²) in [7, 11) is 3.85. The molecule has 6 rings (SSSR count). The van der Waals surface area contributed by atoms with E-state index in [1.54, 1.807) is 21.8 Å². The molecule has 12 heteroatoms. The Morgan fingerprint density at radius 1 is 1.20 bits per heavy atom. The molecule has 0 bridgehead atoms. The van der Waals surface area contributed by atoms with Crippen LogP contribution in [0.3, 0.4) is 0 Å². The molecule has 4 heterocycles. The van der Waals surface area contributed by atoms with Gasteiger partial charge >= 0.3 is 6.01 Å². The predicted octanol–water partition coefficient (Wildman–Crippen LogP) is 4.61. The zero-order valence-corrected chi connectivity index (χ0v) is 26.4. The number of likely N-dealkylation sites (N-methyl/N-ethyl adjacent to an activating group) is 1. The van der Waals surface area contributed by atoms with Gasteiger partial charge in [-0.2, -0.15) is 15.1 Å². The summed E-state index contributed by atoms with van der Waals surface area (Å²) in [5.74, 6) is -0.180. The molecule has 2 fully saturated rings. The number of halogens is 2. The molecule has 0 radical (unpaired) electrons. The largest absolute Gasteiger partial charge is 0.462 e. The summed E-state index contributed by atoms with van der Waals surface area (Å²) >= 11 is 6.95. The second-order valence-electron chi connectivity index (χ2n) is 11.8. The van der Waals surface area contributed by atoms with Crippen LogP contribution in [-0.4, -0.2) is 100 Å². The Bertz CT molecular complexity index is 1760. The van der Waals surface area contributed by atoms with Crippen molar-refractivity contribution < 1.29 is 18.7 Å². The van der Waals surface area contributed by atoms with Crippen LogP contribution in [0.15, 0.2) is 37.1 Å². The number of hydrogen-bond acceptors (Lipinski definition) is 8. The second-order valence-corrected chi connectivity index (χ2v) is 12.2. The number of fused-ring (bicyclic) bond motifs is 2. The van der Waals surface area contributed by atoms with E-state index in [0.29, 0.717) is 43.1 Å². The van der Waals surface area contributed by atoms with E-state index in [4.69, 9.17) is 26.1 Å². The third kappa shape index (κ3) is 5.27. The molecule has 0 unspecified atom stereocenters. The number of aromatic nitrogens is 4. The molecule has 2 saturated heterocycles. The zero-order valence-electron chi connectivity index (χ0n) is 25.7. The van der Waals surface area contributed by atoms with Crippen molar-refractivity contribution in [1.29, 1.82) is 0 Å². The van der Waals surface area contributed by atoms with Crippen LogP contribution in [0, 0.1) is 12.7 Å². The number of benzene rings is 2. The lowest BCUT2D eigenvalue weighted by Gasteiger charge is -2.44. The normalized spacial score (nSPS) is 21.3. The van der Waals surface area contributed by atoms with Gasteiger partial charge in [-0.1, -0.05) is 30.3 Å². The fourth-order valence-electron chi connectivity index (χ4n) is 6.29. The lowest BCUT2D eigenvalue weighted by atomic mass is 9.96. The smallest absolute Gasteiger partial charge is 0.319 e. The van der Waals surface area contributed by atoms with Crippen LogP contribution in [0.2, 0.25) is 5.02 Å². The average Bonchev–Trinajstić information content (AvgIpc) is 3.38. The maximum absolute atomic E-state index is 17.0.